The van der Waals surface area contributed by atoms with Crippen molar-refractivity contribution in [2.45, 2.75) is 59.0 Å². The van der Waals surface area contributed by atoms with Gasteiger partial charge in [0.1, 0.15) is 0 Å². The molecule has 0 spiro atoms. The van der Waals surface area contributed by atoms with Crippen LogP contribution in [0.3, 0.4) is 0 Å². The van der Waals surface area contributed by atoms with Gasteiger partial charge in [-0.25, -0.2) is 0 Å². The van der Waals surface area contributed by atoms with Crippen molar-refractivity contribution in [1.29, 1.82) is 0 Å². The van der Waals surface area contributed by atoms with Crippen LogP contribution in [0.4, 0.5) is 0 Å². The highest BCUT2D eigenvalue weighted by molar-refractivity contribution is 5.95. The molecular formula is C26H35N3O3. The molecule has 0 radical (unpaired) electrons. The van der Waals surface area contributed by atoms with Crippen LogP contribution in [0, 0.1) is 22.7 Å². The van der Waals surface area contributed by atoms with Gasteiger partial charge < -0.3 is 14.7 Å². The maximum atomic E-state index is 13.2. The van der Waals surface area contributed by atoms with E-state index in [0.29, 0.717) is 37.0 Å². The number of fused-ring (bicyclic) bond motifs is 1. The highest BCUT2D eigenvalue weighted by Crippen LogP contribution is 2.77. The van der Waals surface area contributed by atoms with Crippen molar-refractivity contribution in [1.82, 2.24) is 14.7 Å². The van der Waals surface area contributed by atoms with E-state index in [0.717, 1.165) is 30.5 Å². The number of piperidine rings is 2. The number of carbonyl (C=O) groups is 3. The second-order valence-corrected chi connectivity index (χ2v) is 11.0. The first-order valence-electron chi connectivity index (χ1n) is 12.1. The Kier molecular flexibility index (Phi) is 4.91. The standard InChI is InChI=1S/C26H35N3O3/c1-17(30)28-13-10-20(11-14-28)23(31)27(4)15-18-5-7-19(8-6-18)24(32)29-16-25(2)12-9-21-22(29)26(21,25)3/h5-8,20-22H,9-16H2,1-4H3. The molecule has 6 heteroatoms. The Hall–Kier alpha value is -2.37. The van der Waals surface area contributed by atoms with Crippen LogP contribution in [0.5, 0.6) is 0 Å². The molecule has 5 rings (SSSR count). The van der Waals surface area contributed by atoms with Gasteiger partial charge in [0.15, 0.2) is 0 Å². The summed E-state index contributed by atoms with van der Waals surface area (Å²) in [5, 5.41) is 0. The molecule has 0 bridgehead atoms. The van der Waals surface area contributed by atoms with Crippen molar-refractivity contribution in [2.75, 3.05) is 26.7 Å². The number of likely N-dealkylation sites (tertiary alicyclic amines) is 2. The van der Waals surface area contributed by atoms with Crippen LogP contribution in [-0.4, -0.2) is 65.1 Å². The van der Waals surface area contributed by atoms with Crippen LogP contribution in [0.15, 0.2) is 24.3 Å². The number of hydrogen-bond donors (Lipinski definition) is 0. The van der Waals surface area contributed by atoms with Gasteiger partial charge in [0, 0.05) is 63.1 Å². The van der Waals surface area contributed by atoms with Crippen molar-refractivity contribution >= 4 is 17.7 Å². The molecule has 172 valence electrons. The molecule has 4 aliphatic rings. The minimum Gasteiger partial charge on any atom is -0.343 e. The number of nitrogens with zero attached hydrogens (tertiary/aromatic N) is 3. The molecule has 2 saturated carbocycles. The first-order valence-corrected chi connectivity index (χ1v) is 12.1. The Morgan fingerprint density at radius 1 is 1.06 bits per heavy atom. The molecule has 4 unspecified atom stereocenters. The summed E-state index contributed by atoms with van der Waals surface area (Å²) in [6.45, 7) is 9.05. The highest BCUT2D eigenvalue weighted by Gasteiger charge is 2.79. The average Bonchev–Trinajstić information content (AvgIpc) is 3.28. The van der Waals surface area contributed by atoms with E-state index in [4.69, 9.17) is 0 Å². The van der Waals surface area contributed by atoms with E-state index in [1.165, 1.54) is 12.8 Å². The normalized spacial score (nSPS) is 33.2. The predicted molar refractivity (Wildman–Crippen MR) is 122 cm³/mol. The summed E-state index contributed by atoms with van der Waals surface area (Å²) < 4.78 is 0. The van der Waals surface area contributed by atoms with Crippen LogP contribution in [-0.2, 0) is 16.1 Å². The van der Waals surface area contributed by atoms with Crippen LogP contribution in [0.25, 0.3) is 0 Å². The third-order valence-electron chi connectivity index (χ3n) is 9.37. The largest absolute Gasteiger partial charge is 0.343 e. The van der Waals surface area contributed by atoms with Gasteiger partial charge in [-0.05, 0) is 54.7 Å². The number of carbonyl (C=O) groups excluding carboxylic acids is 3. The smallest absolute Gasteiger partial charge is 0.254 e. The summed E-state index contributed by atoms with van der Waals surface area (Å²) in [6.07, 6.45) is 3.95. The van der Waals surface area contributed by atoms with E-state index in [2.05, 4.69) is 18.7 Å². The molecule has 32 heavy (non-hydrogen) atoms. The molecule has 2 heterocycles. The first-order chi connectivity index (χ1) is 15.2. The van der Waals surface area contributed by atoms with Crippen LogP contribution in [0.1, 0.15) is 62.4 Å². The van der Waals surface area contributed by atoms with Gasteiger partial charge in [0.25, 0.3) is 5.91 Å². The molecule has 0 aromatic heterocycles. The zero-order valence-corrected chi connectivity index (χ0v) is 19.8. The third-order valence-corrected chi connectivity index (χ3v) is 9.37. The number of rotatable bonds is 4. The molecule has 3 amide bonds. The minimum absolute atomic E-state index is 0.0174. The summed E-state index contributed by atoms with van der Waals surface area (Å²) in [6, 6.07) is 8.22. The Morgan fingerprint density at radius 2 is 1.72 bits per heavy atom. The Labute approximate surface area is 190 Å². The van der Waals surface area contributed by atoms with E-state index in [1.807, 2.05) is 36.2 Å². The molecule has 1 aromatic rings. The molecule has 4 fully saturated rings. The summed E-state index contributed by atoms with van der Waals surface area (Å²) in [5.41, 5.74) is 2.38. The van der Waals surface area contributed by atoms with Crippen molar-refractivity contribution < 1.29 is 14.4 Å². The van der Waals surface area contributed by atoms with Gasteiger partial charge in [-0.1, -0.05) is 26.0 Å². The molecular weight excluding hydrogens is 402 g/mol. The number of hydrogen-bond acceptors (Lipinski definition) is 3. The Morgan fingerprint density at radius 3 is 2.28 bits per heavy atom. The van der Waals surface area contributed by atoms with Crippen LogP contribution in [0.2, 0.25) is 0 Å². The topological polar surface area (TPSA) is 60.9 Å². The fourth-order valence-electron chi connectivity index (χ4n) is 7.07. The predicted octanol–water partition coefficient (Wildman–Crippen LogP) is 3.16. The van der Waals surface area contributed by atoms with Crippen molar-refractivity contribution in [3.63, 3.8) is 0 Å². The lowest BCUT2D eigenvalue weighted by atomic mass is 9.78. The average molecular weight is 438 g/mol. The molecule has 2 aliphatic heterocycles. The van der Waals surface area contributed by atoms with E-state index in [9.17, 15) is 14.4 Å². The summed E-state index contributed by atoms with van der Waals surface area (Å²) >= 11 is 0. The second kappa shape index (κ2) is 7.32. The van der Waals surface area contributed by atoms with E-state index in [-0.39, 0.29) is 29.1 Å². The monoisotopic (exact) mass is 437 g/mol. The number of amides is 3. The van der Waals surface area contributed by atoms with Crippen molar-refractivity contribution in [2.24, 2.45) is 22.7 Å². The minimum atomic E-state index is -0.0174. The number of benzene rings is 1. The maximum Gasteiger partial charge on any atom is 0.254 e. The van der Waals surface area contributed by atoms with Gasteiger partial charge in [-0.15, -0.1) is 0 Å². The van der Waals surface area contributed by atoms with E-state index >= 15 is 0 Å². The highest BCUT2D eigenvalue weighted by atomic mass is 16.2. The summed E-state index contributed by atoms with van der Waals surface area (Å²) in [7, 11) is 1.84. The maximum absolute atomic E-state index is 13.2. The van der Waals surface area contributed by atoms with E-state index < -0.39 is 0 Å². The SMILES string of the molecule is CC(=O)N1CCC(C(=O)N(C)Cc2ccc(C(=O)N3CC4(C)CCC5C3C54C)cc2)CC1. The van der Waals surface area contributed by atoms with Crippen LogP contribution >= 0.6 is 0 Å². The zero-order valence-electron chi connectivity index (χ0n) is 19.8. The first kappa shape index (κ1) is 21.5. The lowest BCUT2D eigenvalue weighted by Crippen LogP contribution is -2.42. The quantitative estimate of drug-likeness (QED) is 0.727. The van der Waals surface area contributed by atoms with Gasteiger partial charge in [-0.3, -0.25) is 14.4 Å². The van der Waals surface area contributed by atoms with Gasteiger partial charge in [0.2, 0.25) is 11.8 Å². The third kappa shape index (κ3) is 3.09. The molecule has 1 aromatic carbocycles. The Balaban J connectivity index is 1.18. The second-order valence-electron chi connectivity index (χ2n) is 11.0. The lowest BCUT2D eigenvalue weighted by molar-refractivity contribution is -0.139. The lowest BCUT2D eigenvalue weighted by Gasteiger charge is -2.32. The van der Waals surface area contributed by atoms with Crippen molar-refractivity contribution in [3.05, 3.63) is 35.4 Å². The van der Waals surface area contributed by atoms with Crippen molar-refractivity contribution in [3.8, 4) is 0 Å². The fraction of sp³-hybridized carbons (Fsp3) is 0.654. The van der Waals surface area contributed by atoms with Gasteiger partial charge in [-0.2, -0.15) is 0 Å². The molecule has 2 saturated heterocycles. The van der Waals surface area contributed by atoms with E-state index in [1.54, 1.807) is 11.8 Å². The summed E-state index contributed by atoms with van der Waals surface area (Å²) in [5.74, 6) is 1.05. The van der Waals surface area contributed by atoms with Crippen LogP contribution < -0.4 is 0 Å². The van der Waals surface area contributed by atoms with Gasteiger partial charge in [0.05, 0.1) is 0 Å². The zero-order chi connectivity index (χ0) is 22.8. The molecule has 2 aliphatic carbocycles. The summed E-state index contributed by atoms with van der Waals surface area (Å²) in [4.78, 5) is 43.3. The molecule has 0 N–H and O–H groups in total. The molecule has 6 nitrogen and oxygen atoms in total. The fourth-order valence-corrected chi connectivity index (χ4v) is 7.07. The van der Waals surface area contributed by atoms with Gasteiger partial charge >= 0.3 is 0 Å². The Bertz CT molecular complexity index is 950. The molecule has 4 atom stereocenters.